The highest BCUT2D eigenvalue weighted by Gasteiger charge is 2.20. The van der Waals surface area contributed by atoms with Gasteiger partial charge in [0.1, 0.15) is 5.76 Å². The number of aliphatic hydroxyl groups excluding tert-OH is 1. The quantitative estimate of drug-likeness (QED) is 0.451. The van der Waals surface area contributed by atoms with Crippen LogP contribution in [0.3, 0.4) is 0 Å². The number of hydrogen-bond acceptors (Lipinski definition) is 4. The zero-order valence-electron chi connectivity index (χ0n) is 19.5. The molecular formula is C27H40N2O3. The summed E-state index contributed by atoms with van der Waals surface area (Å²) in [6.07, 6.45) is 14.0. The number of unbranched alkanes of at least 4 members (excludes halogenated alkanes) is 2. The van der Waals surface area contributed by atoms with E-state index in [9.17, 15) is 9.90 Å². The lowest BCUT2D eigenvalue weighted by atomic mass is 9.91. The number of benzene rings is 1. The van der Waals surface area contributed by atoms with Gasteiger partial charge in [0.25, 0.3) is 0 Å². The Kier molecular flexibility index (Phi) is 10.3. The molecule has 0 saturated carbocycles. The van der Waals surface area contributed by atoms with E-state index in [4.69, 9.17) is 4.74 Å². The highest BCUT2D eigenvalue weighted by Crippen LogP contribution is 2.23. The van der Waals surface area contributed by atoms with Gasteiger partial charge in [-0.3, -0.25) is 4.79 Å². The first-order valence-corrected chi connectivity index (χ1v) is 12.3. The minimum Gasteiger partial charge on any atom is -0.497 e. The zero-order valence-corrected chi connectivity index (χ0v) is 19.5. The highest BCUT2D eigenvalue weighted by molar-refractivity contribution is 5.76. The summed E-state index contributed by atoms with van der Waals surface area (Å²) in [5, 5.41) is 13.7. The van der Waals surface area contributed by atoms with Crippen molar-refractivity contribution in [3.8, 4) is 0 Å². The smallest absolute Gasteiger partial charge is 0.220 e. The number of rotatable bonds is 13. The SMILES string of the molecule is COC1=CCC(C(O)CCCCCC(=O)N[C@@H](Cc2ccccc2)CN2CCCC2)C=C1. The summed E-state index contributed by atoms with van der Waals surface area (Å²) in [7, 11) is 1.67. The van der Waals surface area contributed by atoms with Crippen LogP contribution in [0.1, 0.15) is 56.9 Å². The molecule has 1 saturated heterocycles. The van der Waals surface area contributed by atoms with Gasteiger partial charge in [-0.2, -0.15) is 0 Å². The summed E-state index contributed by atoms with van der Waals surface area (Å²) in [5.41, 5.74) is 1.27. The van der Waals surface area contributed by atoms with Gasteiger partial charge in [-0.1, -0.05) is 49.2 Å². The van der Waals surface area contributed by atoms with Gasteiger partial charge in [0.15, 0.2) is 0 Å². The standard InChI is InChI=1S/C27H40N2O3/c1-32-25-16-14-23(15-17-25)26(30)12-6-3-7-13-27(31)28-24(21-29-18-8-9-19-29)20-22-10-4-2-5-11-22/h2,4-5,10-11,14,16-17,23-24,26,30H,3,6-9,12-13,15,18-21H2,1H3,(H,28,31)/t23?,24-,26?/m0/s1. The first kappa shape index (κ1) is 24.5. The third-order valence-electron chi connectivity index (χ3n) is 6.60. The lowest BCUT2D eigenvalue weighted by Crippen LogP contribution is -2.44. The minimum atomic E-state index is -0.328. The Hall–Kier alpha value is -2.11. The molecule has 176 valence electrons. The molecule has 3 atom stereocenters. The summed E-state index contributed by atoms with van der Waals surface area (Å²) in [4.78, 5) is 15.1. The second kappa shape index (κ2) is 13.4. The molecule has 0 radical (unpaired) electrons. The fraction of sp³-hybridized carbons (Fsp3) is 0.593. The van der Waals surface area contributed by atoms with E-state index in [2.05, 4.69) is 34.5 Å². The molecule has 1 heterocycles. The van der Waals surface area contributed by atoms with Gasteiger partial charge in [-0.15, -0.1) is 0 Å². The largest absolute Gasteiger partial charge is 0.497 e. The minimum absolute atomic E-state index is 0.151. The van der Waals surface area contributed by atoms with Crippen LogP contribution in [0.5, 0.6) is 0 Å². The molecule has 2 unspecified atom stereocenters. The molecule has 1 aromatic rings. The number of hydrogen-bond donors (Lipinski definition) is 2. The van der Waals surface area contributed by atoms with Crippen molar-refractivity contribution in [3.63, 3.8) is 0 Å². The topological polar surface area (TPSA) is 61.8 Å². The Morgan fingerprint density at radius 3 is 2.66 bits per heavy atom. The number of methoxy groups -OCH3 is 1. The Bertz CT molecular complexity index is 741. The lowest BCUT2D eigenvalue weighted by molar-refractivity contribution is -0.122. The number of nitrogens with one attached hydrogen (secondary N) is 1. The maximum absolute atomic E-state index is 12.6. The number of amides is 1. The number of carbonyl (C=O) groups is 1. The van der Waals surface area contributed by atoms with Gasteiger partial charge in [-0.05, 0) is 69.3 Å². The number of allylic oxidation sites excluding steroid dienone is 2. The van der Waals surface area contributed by atoms with E-state index >= 15 is 0 Å². The molecule has 3 rings (SSSR count). The van der Waals surface area contributed by atoms with E-state index in [1.54, 1.807) is 7.11 Å². The van der Waals surface area contributed by atoms with E-state index < -0.39 is 0 Å². The van der Waals surface area contributed by atoms with E-state index in [0.717, 1.165) is 63.9 Å². The molecule has 1 amide bonds. The summed E-state index contributed by atoms with van der Waals surface area (Å²) in [6, 6.07) is 10.6. The van der Waals surface area contributed by atoms with Crippen LogP contribution in [-0.4, -0.2) is 54.8 Å². The van der Waals surface area contributed by atoms with Crippen LogP contribution in [0.2, 0.25) is 0 Å². The van der Waals surface area contributed by atoms with Crippen molar-refractivity contribution in [1.29, 1.82) is 0 Å². The molecule has 5 heteroatoms. The Morgan fingerprint density at radius 2 is 1.97 bits per heavy atom. The summed E-state index contributed by atoms with van der Waals surface area (Å²) in [6.45, 7) is 3.21. The highest BCUT2D eigenvalue weighted by atomic mass is 16.5. The maximum Gasteiger partial charge on any atom is 0.220 e. The zero-order chi connectivity index (χ0) is 22.6. The second-order valence-corrected chi connectivity index (χ2v) is 9.20. The number of aliphatic hydroxyl groups is 1. The predicted molar refractivity (Wildman–Crippen MR) is 129 cm³/mol. The average molecular weight is 441 g/mol. The van der Waals surface area contributed by atoms with Crippen LogP contribution in [-0.2, 0) is 16.0 Å². The van der Waals surface area contributed by atoms with Crippen molar-refractivity contribution in [2.45, 2.75) is 69.9 Å². The molecule has 1 aromatic carbocycles. The third-order valence-corrected chi connectivity index (χ3v) is 6.60. The van der Waals surface area contributed by atoms with Crippen LogP contribution >= 0.6 is 0 Å². The molecule has 5 nitrogen and oxygen atoms in total. The van der Waals surface area contributed by atoms with Crippen molar-refractivity contribution >= 4 is 5.91 Å². The maximum atomic E-state index is 12.6. The van der Waals surface area contributed by atoms with Crippen molar-refractivity contribution in [2.75, 3.05) is 26.7 Å². The summed E-state index contributed by atoms with van der Waals surface area (Å²) in [5.74, 6) is 1.19. The average Bonchev–Trinajstić information content (AvgIpc) is 3.32. The summed E-state index contributed by atoms with van der Waals surface area (Å²) >= 11 is 0. The molecule has 1 fully saturated rings. The van der Waals surface area contributed by atoms with Crippen molar-refractivity contribution < 1.29 is 14.6 Å². The second-order valence-electron chi connectivity index (χ2n) is 9.20. The van der Waals surface area contributed by atoms with E-state index in [1.165, 1.54) is 18.4 Å². The first-order chi connectivity index (χ1) is 15.6. The monoisotopic (exact) mass is 440 g/mol. The number of carbonyl (C=O) groups excluding carboxylic acids is 1. The van der Waals surface area contributed by atoms with Crippen LogP contribution in [0.4, 0.5) is 0 Å². The molecule has 32 heavy (non-hydrogen) atoms. The van der Waals surface area contributed by atoms with E-state index in [-0.39, 0.29) is 24.0 Å². The third kappa shape index (κ3) is 8.44. The number of nitrogens with zero attached hydrogens (tertiary/aromatic N) is 1. The van der Waals surface area contributed by atoms with Gasteiger partial charge in [0, 0.05) is 24.9 Å². The molecular weight excluding hydrogens is 400 g/mol. The van der Waals surface area contributed by atoms with Gasteiger partial charge < -0.3 is 20.1 Å². The van der Waals surface area contributed by atoms with Crippen molar-refractivity contribution in [1.82, 2.24) is 10.2 Å². The fourth-order valence-electron chi connectivity index (χ4n) is 4.72. The Labute approximate surface area is 193 Å². The van der Waals surface area contributed by atoms with Crippen molar-refractivity contribution in [2.24, 2.45) is 5.92 Å². The molecule has 1 aliphatic carbocycles. The van der Waals surface area contributed by atoms with Gasteiger partial charge in [0.05, 0.1) is 13.2 Å². The first-order valence-electron chi connectivity index (χ1n) is 12.3. The van der Waals surface area contributed by atoms with Crippen LogP contribution in [0, 0.1) is 5.92 Å². The van der Waals surface area contributed by atoms with Crippen LogP contribution in [0.15, 0.2) is 54.3 Å². The summed E-state index contributed by atoms with van der Waals surface area (Å²) < 4.78 is 5.20. The van der Waals surface area contributed by atoms with Crippen molar-refractivity contribution in [3.05, 3.63) is 59.9 Å². The lowest BCUT2D eigenvalue weighted by Gasteiger charge is -2.25. The van der Waals surface area contributed by atoms with Gasteiger partial charge >= 0.3 is 0 Å². The fourth-order valence-corrected chi connectivity index (χ4v) is 4.72. The van der Waals surface area contributed by atoms with Crippen LogP contribution < -0.4 is 5.32 Å². The molecule has 0 bridgehead atoms. The number of ether oxygens (including phenoxy) is 1. The Morgan fingerprint density at radius 1 is 1.19 bits per heavy atom. The molecule has 0 spiro atoms. The normalized spacial score (nSPS) is 20.6. The predicted octanol–water partition coefficient (Wildman–Crippen LogP) is 4.23. The number of likely N-dealkylation sites (tertiary alicyclic amines) is 1. The van der Waals surface area contributed by atoms with E-state index in [1.807, 2.05) is 24.3 Å². The van der Waals surface area contributed by atoms with Gasteiger partial charge in [-0.25, -0.2) is 0 Å². The molecule has 2 aliphatic rings. The molecule has 0 aromatic heterocycles. The van der Waals surface area contributed by atoms with Crippen LogP contribution in [0.25, 0.3) is 0 Å². The Balaban J connectivity index is 1.34. The van der Waals surface area contributed by atoms with E-state index in [0.29, 0.717) is 6.42 Å². The molecule has 2 N–H and O–H groups in total. The van der Waals surface area contributed by atoms with Gasteiger partial charge in [0.2, 0.25) is 5.91 Å². The molecule has 1 aliphatic heterocycles.